The van der Waals surface area contributed by atoms with Gasteiger partial charge < -0.3 is 9.47 Å². The van der Waals surface area contributed by atoms with E-state index < -0.39 is 5.41 Å². The Hall–Kier alpha value is -9.50. The molecule has 0 bridgehead atoms. The van der Waals surface area contributed by atoms with Gasteiger partial charge in [0, 0.05) is 27.4 Å². The van der Waals surface area contributed by atoms with E-state index in [1.807, 2.05) is 0 Å². The minimum absolute atomic E-state index is 0.543. The number of anilines is 3. The van der Waals surface area contributed by atoms with E-state index >= 15 is 0 Å². The van der Waals surface area contributed by atoms with E-state index in [0.29, 0.717) is 0 Å². The fourth-order valence-electron chi connectivity index (χ4n) is 12.8. The normalized spacial score (nSPS) is 14.1. The number of hydrogen-bond donors (Lipinski definition) is 0. The van der Waals surface area contributed by atoms with Crippen molar-refractivity contribution in [3.05, 3.63) is 301 Å². The second-order valence-corrected chi connectivity index (χ2v) is 19.5. The van der Waals surface area contributed by atoms with Crippen LogP contribution in [0.15, 0.2) is 279 Å². The molecule has 2 heteroatoms. The summed E-state index contributed by atoms with van der Waals surface area (Å²) < 4.78 is 2.52. The lowest BCUT2D eigenvalue weighted by Crippen LogP contribution is -2.33. The summed E-state index contributed by atoms with van der Waals surface area (Å²) in [5.41, 5.74) is 23.9. The van der Waals surface area contributed by atoms with Crippen LogP contribution in [-0.4, -0.2) is 4.57 Å². The summed E-state index contributed by atoms with van der Waals surface area (Å²) in [4.78, 5) is 2.49. The van der Waals surface area contributed by atoms with Gasteiger partial charge in [0.05, 0.1) is 33.5 Å². The van der Waals surface area contributed by atoms with Crippen LogP contribution >= 0.6 is 0 Å². The molecular formula is C71H46N2. The van der Waals surface area contributed by atoms with E-state index in [-0.39, 0.29) is 0 Å². The first-order valence-electron chi connectivity index (χ1n) is 25.3. The smallest absolute Gasteiger partial charge is 0.0754 e. The van der Waals surface area contributed by atoms with Crippen LogP contribution < -0.4 is 4.90 Å². The lowest BCUT2D eigenvalue weighted by molar-refractivity contribution is 0.749. The third-order valence-electron chi connectivity index (χ3n) is 15.8. The van der Waals surface area contributed by atoms with Crippen molar-refractivity contribution in [2.24, 2.45) is 0 Å². The fraction of sp³-hybridized carbons (Fsp3) is 0.0141. The molecule has 0 amide bonds. The van der Waals surface area contributed by atoms with Crippen molar-refractivity contribution in [3.8, 4) is 61.3 Å². The molecule has 340 valence electrons. The molecule has 1 unspecified atom stereocenters. The van der Waals surface area contributed by atoms with E-state index in [2.05, 4.69) is 289 Å². The van der Waals surface area contributed by atoms with Gasteiger partial charge in [-0.3, -0.25) is 0 Å². The van der Waals surface area contributed by atoms with Crippen LogP contribution in [0.2, 0.25) is 0 Å². The lowest BCUT2D eigenvalue weighted by atomic mass is 9.65. The maximum Gasteiger partial charge on any atom is 0.0754 e. The van der Waals surface area contributed by atoms with Crippen molar-refractivity contribution in [1.82, 2.24) is 4.57 Å². The van der Waals surface area contributed by atoms with Crippen LogP contribution in [0.5, 0.6) is 0 Å². The van der Waals surface area contributed by atoms with Gasteiger partial charge in [0.15, 0.2) is 0 Å². The first-order chi connectivity index (χ1) is 36.3. The molecule has 1 aromatic heterocycles. The minimum Gasteiger partial charge on any atom is -0.309 e. The zero-order valence-corrected chi connectivity index (χ0v) is 40.0. The summed E-state index contributed by atoms with van der Waals surface area (Å²) >= 11 is 0. The first-order valence-corrected chi connectivity index (χ1v) is 25.3. The second-order valence-electron chi connectivity index (χ2n) is 19.5. The SMILES string of the molecule is c1ccc(-c2cccc(N(c3ccccc3-c3ccccc3-c3ccccc3)c3ccc(-c4ccc5c(c4)C4(c6ccccc6-5)c5ccccc5-n5c6ccccc6c6cccc4c65)c4ccccc34)c2)cc1. The maximum absolute atomic E-state index is 2.53. The van der Waals surface area contributed by atoms with Crippen molar-refractivity contribution < 1.29 is 0 Å². The zero-order valence-electron chi connectivity index (χ0n) is 40.0. The molecule has 1 spiro atoms. The molecule has 2 nitrogen and oxygen atoms in total. The summed E-state index contributed by atoms with van der Waals surface area (Å²) in [6.07, 6.45) is 0. The molecular weight excluding hydrogens is 881 g/mol. The van der Waals surface area contributed by atoms with Crippen molar-refractivity contribution in [2.75, 3.05) is 4.90 Å². The van der Waals surface area contributed by atoms with Gasteiger partial charge in [0.25, 0.3) is 0 Å². The Kier molecular flexibility index (Phi) is 9.21. The monoisotopic (exact) mass is 926 g/mol. The van der Waals surface area contributed by atoms with E-state index in [1.165, 1.54) is 111 Å². The molecule has 1 aliphatic carbocycles. The summed E-state index contributed by atoms with van der Waals surface area (Å²) in [7, 11) is 0. The minimum atomic E-state index is -0.543. The predicted octanol–water partition coefficient (Wildman–Crippen LogP) is 18.8. The molecule has 0 radical (unpaired) electrons. The number of rotatable bonds is 7. The van der Waals surface area contributed by atoms with Crippen LogP contribution in [-0.2, 0) is 5.41 Å². The molecule has 1 aliphatic heterocycles. The van der Waals surface area contributed by atoms with Crippen molar-refractivity contribution in [1.29, 1.82) is 0 Å². The number of fused-ring (bicyclic) bond motifs is 13. The molecule has 0 saturated carbocycles. The van der Waals surface area contributed by atoms with Gasteiger partial charge in [0.2, 0.25) is 0 Å². The van der Waals surface area contributed by atoms with Crippen LogP contribution in [0.25, 0.3) is 93.9 Å². The first kappa shape index (κ1) is 41.3. The number of hydrogen-bond acceptors (Lipinski definition) is 1. The molecule has 0 fully saturated rings. The van der Waals surface area contributed by atoms with E-state index in [4.69, 9.17) is 0 Å². The van der Waals surface area contributed by atoms with Gasteiger partial charge in [-0.25, -0.2) is 0 Å². The molecule has 15 rings (SSSR count). The maximum atomic E-state index is 2.53. The van der Waals surface area contributed by atoms with Gasteiger partial charge in [0.1, 0.15) is 0 Å². The molecule has 0 saturated heterocycles. The topological polar surface area (TPSA) is 8.17 Å². The quantitative estimate of drug-likeness (QED) is 0.155. The van der Waals surface area contributed by atoms with Crippen molar-refractivity contribution in [2.45, 2.75) is 5.41 Å². The summed E-state index contributed by atoms with van der Waals surface area (Å²) in [6.45, 7) is 0. The Morgan fingerprint density at radius 1 is 0.274 bits per heavy atom. The molecule has 2 aliphatic rings. The van der Waals surface area contributed by atoms with E-state index in [0.717, 1.165) is 22.6 Å². The summed E-state index contributed by atoms with van der Waals surface area (Å²) in [6, 6.07) is 103. The number of para-hydroxylation sites is 4. The van der Waals surface area contributed by atoms with Crippen LogP contribution in [0.3, 0.4) is 0 Å². The fourth-order valence-corrected chi connectivity index (χ4v) is 12.8. The highest BCUT2D eigenvalue weighted by atomic mass is 15.1. The predicted molar refractivity (Wildman–Crippen MR) is 306 cm³/mol. The largest absolute Gasteiger partial charge is 0.309 e. The number of benzene rings is 12. The number of nitrogens with zero attached hydrogens (tertiary/aromatic N) is 2. The Morgan fingerprint density at radius 2 is 0.849 bits per heavy atom. The highest BCUT2D eigenvalue weighted by Crippen LogP contribution is 2.61. The third-order valence-corrected chi connectivity index (χ3v) is 15.8. The Bertz CT molecular complexity index is 4330. The van der Waals surface area contributed by atoms with Gasteiger partial charge in [-0.1, -0.05) is 237 Å². The van der Waals surface area contributed by atoms with Crippen LogP contribution in [0.4, 0.5) is 17.1 Å². The highest BCUT2D eigenvalue weighted by molar-refractivity contribution is 6.13. The van der Waals surface area contributed by atoms with Gasteiger partial charge >= 0.3 is 0 Å². The second kappa shape index (κ2) is 16.3. The molecule has 73 heavy (non-hydrogen) atoms. The van der Waals surface area contributed by atoms with Gasteiger partial charge in [-0.15, -0.1) is 0 Å². The summed E-state index contributed by atoms with van der Waals surface area (Å²) in [5, 5.41) is 4.94. The van der Waals surface area contributed by atoms with E-state index in [9.17, 15) is 0 Å². The average molecular weight is 927 g/mol. The molecule has 2 heterocycles. The Morgan fingerprint density at radius 3 is 1.68 bits per heavy atom. The van der Waals surface area contributed by atoms with Crippen molar-refractivity contribution >= 4 is 49.6 Å². The van der Waals surface area contributed by atoms with Crippen molar-refractivity contribution in [3.63, 3.8) is 0 Å². The Balaban J connectivity index is 0.963. The molecule has 1 atom stereocenters. The lowest BCUT2D eigenvalue weighted by Gasteiger charge is -2.39. The van der Waals surface area contributed by atoms with Gasteiger partial charge in [-0.2, -0.15) is 0 Å². The highest BCUT2D eigenvalue weighted by Gasteiger charge is 2.51. The molecule has 13 aromatic rings. The molecule has 12 aromatic carbocycles. The van der Waals surface area contributed by atoms with Crippen LogP contribution in [0, 0.1) is 0 Å². The Labute approximate surface area is 425 Å². The van der Waals surface area contributed by atoms with Crippen LogP contribution in [0.1, 0.15) is 22.3 Å². The van der Waals surface area contributed by atoms with Gasteiger partial charge in [-0.05, 0) is 120 Å². The van der Waals surface area contributed by atoms with E-state index in [1.54, 1.807) is 0 Å². The third kappa shape index (κ3) is 6.05. The average Bonchev–Trinajstić information content (AvgIpc) is 3.96. The standard InChI is InChI=1S/C71H46N2/c1-3-21-47(22-4-1)49-25-19-26-51(45-49)72(66-38-16-12-32-58(66)54-28-8-7-27-52(54)48-23-5-2-6-24-48)68-44-43-53(55-29-9-10-31-59(55)68)50-41-42-57-56-30-11-14-35-62(56)71(65(57)46-50)63-36-15-18-40-69(63)73-67-39-17-13-33-60(67)61-34-20-37-64(71)70(61)73/h1-46H. The zero-order chi connectivity index (χ0) is 48.0. The number of aromatic nitrogens is 1. The summed E-state index contributed by atoms with van der Waals surface area (Å²) in [5.74, 6) is 0. The molecule has 0 N–H and O–H groups in total.